The van der Waals surface area contributed by atoms with E-state index in [-0.39, 0.29) is 0 Å². The molecule has 0 saturated carbocycles. The van der Waals surface area contributed by atoms with Gasteiger partial charge in [-0.15, -0.1) is 0 Å². The van der Waals surface area contributed by atoms with Gasteiger partial charge in [0, 0.05) is 0 Å². The summed E-state index contributed by atoms with van der Waals surface area (Å²) in [5, 5.41) is 0. The number of hydrogen-bond acceptors (Lipinski definition) is 3. The lowest BCUT2D eigenvalue weighted by Gasteiger charge is -2.15. The number of hydrogen-bond donors (Lipinski definition) is 0. The highest BCUT2D eigenvalue weighted by Crippen LogP contribution is 2.15. The molecule has 96 valence electrons. The largest absolute Gasteiger partial charge is 0.508 e. The molecule has 0 spiro atoms. The molecule has 0 saturated heterocycles. The van der Waals surface area contributed by atoms with Crippen molar-refractivity contribution in [3.8, 4) is 0 Å². The molecule has 0 aliphatic heterocycles. The SMILES string of the molecule is CCCCC(CCC)COC(=O)OCCC. The third kappa shape index (κ3) is 8.57. The molecule has 3 heteroatoms. The highest BCUT2D eigenvalue weighted by molar-refractivity contribution is 5.59. The molecule has 0 aromatic heterocycles. The average Bonchev–Trinajstić information content (AvgIpc) is 2.30. The first-order valence-electron chi connectivity index (χ1n) is 6.54. The summed E-state index contributed by atoms with van der Waals surface area (Å²) in [6.45, 7) is 7.27. The molecule has 3 nitrogen and oxygen atoms in total. The Morgan fingerprint density at radius 1 is 1.00 bits per heavy atom. The monoisotopic (exact) mass is 230 g/mol. The van der Waals surface area contributed by atoms with Gasteiger partial charge in [0.25, 0.3) is 0 Å². The predicted octanol–water partition coefficient (Wildman–Crippen LogP) is 4.16. The van der Waals surface area contributed by atoms with Crippen LogP contribution in [0.2, 0.25) is 0 Å². The first-order chi connectivity index (χ1) is 7.74. The first-order valence-corrected chi connectivity index (χ1v) is 6.54. The molecular weight excluding hydrogens is 204 g/mol. The number of unbranched alkanes of at least 4 members (excludes halogenated alkanes) is 1. The second-order valence-electron chi connectivity index (χ2n) is 4.21. The Labute approximate surface area is 99.5 Å². The van der Waals surface area contributed by atoms with Gasteiger partial charge in [0.15, 0.2) is 0 Å². The van der Waals surface area contributed by atoms with E-state index in [0.29, 0.717) is 19.1 Å². The van der Waals surface area contributed by atoms with Gasteiger partial charge in [-0.1, -0.05) is 40.0 Å². The third-order valence-corrected chi connectivity index (χ3v) is 2.52. The maximum absolute atomic E-state index is 11.1. The minimum absolute atomic E-state index is 0.451. The zero-order chi connectivity index (χ0) is 12.2. The number of carbonyl (C=O) groups excluding carboxylic acids is 1. The van der Waals surface area contributed by atoms with E-state index in [9.17, 15) is 4.79 Å². The molecule has 0 amide bonds. The fraction of sp³-hybridized carbons (Fsp3) is 0.923. The fourth-order valence-corrected chi connectivity index (χ4v) is 1.63. The molecule has 1 atom stereocenters. The summed E-state index contributed by atoms with van der Waals surface area (Å²) in [6, 6.07) is 0. The molecule has 0 radical (unpaired) electrons. The molecule has 0 N–H and O–H groups in total. The van der Waals surface area contributed by atoms with Crippen LogP contribution in [0.1, 0.15) is 59.3 Å². The second-order valence-corrected chi connectivity index (χ2v) is 4.21. The van der Waals surface area contributed by atoms with Gasteiger partial charge >= 0.3 is 6.16 Å². The van der Waals surface area contributed by atoms with Crippen LogP contribution in [-0.4, -0.2) is 19.4 Å². The molecule has 16 heavy (non-hydrogen) atoms. The fourth-order valence-electron chi connectivity index (χ4n) is 1.63. The predicted molar refractivity (Wildman–Crippen MR) is 65.5 cm³/mol. The standard InChI is InChI=1S/C13H26O3/c1-4-7-9-12(8-5-2)11-16-13(14)15-10-6-3/h12H,4-11H2,1-3H3. The molecular formula is C13H26O3. The van der Waals surface area contributed by atoms with Crippen LogP contribution in [0.15, 0.2) is 0 Å². The van der Waals surface area contributed by atoms with E-state index >= 15 is 0 Å². The lowest BCUT2D eigenvalue weighted by atomic mass is 9.98. The van der Waals surface area contributed by atoms with Crippen LogP contribution in [-0.2, 0) is 9.47 Å². The summed E-state index contributed by atoms with van der Waals surface area (Å²) >= 11 is 0. The molecule has 0 aromatic rings. The van der Waals surface area contributed by atoms with Crippen LogP contribution in [0.3, 0.4) is 0 Å². The second kappa shape index (κ2) is 10.8. The normalized spacial score (nSPS) is 12.2. The molecule has 0 aliphatic carbocycles. The Bertz CT molecular complexity index is 169. The van der Waals surface area contributed by atoms with Gasteiger partial charge in [-0.2, -0.15) is 0 Å². The summed E-state index contributed by atoms with van der Waals surface area (Å²) in [7, 11) is 0. The minimum Gasteiger partial charge on any atom is -0.434 e. The molecule has 1 unspecified atom stereocenters. The zero-order valence-corrected chi connectivity index (χ0v) is 11.0. The van der Waals surface area contributed by atoms with E-state index in [1.165, 1.54) is 12.8 Å². The van der Waals surface area contributed by atoms with Crippen LogP contribution < -0.4 is 0 Å². The lowest BCUT2D eigenvalue weighted by molar-refractivity contribution is 0.0420. The molecule has 0 fully saturated rings. The van der Waals surface area contributed by atoms with E-state index in [2.05, 4.69) is 13.8 Å². The van der Waals surface area contributed by atoms with Crippen LogP contribution in [0.5, 0.6) is 0 Å². The number of rotatable bonds is 9. The molecule has 0 bridgehead atoms. The van der Waals surface area contributed by atoms with Gasteiger partial charge in [0.05, 0.1) is 13.2 Å². The summed E-state index contributed by atoms with van der Waals surface area (Å²) in [4.78, 5) is 11.1. The lowest BCUT2D eigenvalue weighted by Crippen LogP contribution is -2.15. The Kier molecular flexibility index (Phi) is 10.3. The highest BCUT2D eigenvalue weighted by Gasteiger charge is 2.11. The Hall–Kier alpha value is -0.730. The number of carbonyl (C=O) groups is 1. The van der Waals surface area contributed by atoms with E-state index in [0.717, 1.165) is 25.7 Å². The Morgan fingerprint density at radius 3 is 2.31 bits per heavy atom. The van der Waals surface area contributed by atoms with Crippen molar-refractivity contribution in [3.05, 3.63) is 0 Å². The average molecular weight is 230 g/mol. The summed E-state index contributed by atoms with van der Waals surface area (Å²) in [6.07, 6.45) is 6.13. The van der Waals surface area contributed by atoms with Crippen LogP contribution >= 0.6 is 0 Å². The zero-order valence-electron chi connectivity index (χ0n) is 11.0. The van der Waals surface area contributed by atoms with Gasteiger partial charge in [0.1, 0.15) is 0 Å². The minimum atomic E-state index is -0.514. The quantitative estimate of drug-likeness (QED) is 0.558. The number of ether oxygens (including phenoxy) is 2. The molecule has 0 aliphatic rings. The van der Waals surface area contributed by atoms with E-state index in [1.807, 2.05) is 6.92 Å². The van der Waals surface area contributed by atoms with Crippen molar-refractivity contribution in [2.75, 3.05) is 13.2 Å². The highest BCUT2D eigenvalue weighted by atomic mass is 16.7. The van der Waals surface area contributed by atoms with Crippen molar-refractivity contribution >= 4 is 6.16 Å². The molecule has 0 heterocycles. The van der Waals surface area contributed by atoms with Gasteiger partial charge in [0.2, 0.25) is 0 Å². The van der Waals surface area contributed by atoms with Crippen LogP contribution in [0.4, 0.5) is 4.79 Å². The van der Waals surface area contributed by atoms with Crippen molar-refractivity contribution in [2.24, 2.45) is 5.92 Å². The van der Waals surface area contributed by atoms with Crippen molar-refractivity contribution < 1.29 is 14.3 Å². The molecule has 0 aromatic carbocycles. The van der Waals surface area contributed by atoms with Crippen molar-refractivity contribution in [2.45, 2.75) is 59.3 Å². The maximum Gasteiger partial charge on any atom is 0.508 e. The van der Waals surface area contributed by atoms with Gasteiger partial charge in [-0.25, -0.2) is 4.79 Å². The van der Waals surface area contributed by atoms with E-state index in [1.54, 1.807) is 0 Å². The van der Waals surface area contributed by atoms with Crippen LogP contribution in [0.25, 0.3) is 0 Å². The Balaban J connectivity index is 3.68. The van der Waals surface area contributed by atoms with Gasteiger partial charge in [-0.05, 0) is 25.2 Å². The smallest absolute Gasteiger partial charge is 0.434 e. The van der Waals surface area contributed by atoms with Crippen molar-refractivity contribution in [1.82, 2.24) is 0 Å². The van der Waals surface area contributed by atoms with Gasteiger partial charge in [-0.3, -0.25) is 0 Å². The summed E-state index contributed by atoms with van der Waals surface area (Å²) in [5.41, 5.74) is 0. The maximum atomic E-state index is 11.1. The third-order valence-electron chi connectivity index (χ3n) is 2.52. The van der Waals surface area contributed by atoms with E-state index in [4.69, 9.17) is 9.47 Å². The van der Waals surface area contributed by atoms with Crippen molar-refractivity contribution in [3.63, 3.8) is 0 Å². The topological polar surface area (TPSA) is 35.5 Å². The van der Waals surface area contributed by atoms with Crippen molar-refractivity contribution in [1.29, 1.82) is 0 Å². The van der Waals surface area contributed by atoms with Crippen LogP contribution in [0, 0.1) is 5.92 Å². The molecule has 0 rings (SSSR count). The summed E-state index contributed by atoms with van der Waals surface area (Å²) in [5.74, 6) is 0.499. The first kappa shape index (κ1) is 15.3. The van der Waals surface area contributed by atoms with E-state index < -0.39 is 6.16 Å². The Morgan fingerprint density at radius 2 is 1.75 bits per heavy atom. The summed E-state index contributed by atoms with van der Waals surface area (Å²) < 4.78 is 9.96. The van der Waals surface area contributed by atoms with Gasteiger partial charge < -0.3 is 9.47 Å².